The lowest BCUT2D eigenvalue weighted by molar-refractivity contribution is -0.137. The van der Waals surface area contributed by atoms with Gasteiger partial charge >= 0.3 is 5.97 Å². The van der Waals surface area contributed by atoms with Gasteiger partial charge in [0.1, 0.15) is 5.82 Å². The van der Waals surface area contributed by atoms with E-state index in [1.54, 1.807) is 0 Å². The second-order valence-corrected chi connectivity index (χ2v) is 4.81. The highest BCUT2D eigenvalue weighted by molar-refractivity contribution is 5.80. The molecule has 0 aliphatic heterocycles. The molecule has 1 aromatic carbocycles. The molecule has 1 atom stereocenters. The van der Waals surface area contributed by atoms with Crippen molar-refractivity contribution in [3.63, 3.8) is 0 Å². The second-order valence-electron chi connectivity index (χ2n) is 4.81. The number of hydrogen-bond donors (Lipinski definition) is 2. The molecule has 0 amide bonds. The van der Waals surface area contributed by atoms with Crippen molar-refractivity contribution in [1.82, 2.24) is 4.98 Å². The van der Waals surface area contributed by atoms with Crippen LogP contribution in [0.3, 0.4) is 0 Å². The molecule has 4 nitrogen and oxygen atoms in total. The number of hydrogen-bond acceptors (Lipinski definition) is 3. The number of nitrogens with zero attached hydrogens (tertiary/aromatic N) is 1. The van der Waals surface area contributed by atoms with Crippen molar-refractivity contribution in [2.75, 3.05) is 11.9 Å². The van der Waals surface area contributed by atoms with Crippen LogP contribution in [-0.2, 0) is 4.79 Å². The van der Waals surface area contributed by atoms with Gasteiger partial charge in [-0.15, -0.1) is 0 Å². The van der Waals surface area contributed by atoms with Crippen LogP contribution in [0.1, 0.15) is 19.8 Å². The first-order chi connectivity index (χ1) is 9.15. The Morgan fingerprint density at radius 1 is 1.32 bits per heavy atom. The molecule has 4 heteroatoms. The normalized spacial score (nSPS) is 12.3. The minimum absolute atomic E-state index is 0.216. The van der Waals surface area contributed by atoms with Gasteiger partial charge < -0.3 is 10.4 Å². The molecule has 0 aliphatic carbocycles. The zero-order chi connectivity index (χ0) is 13.7. The summed E-state index contributed by atoms with van der Waals surface area (Å²) in [6.07, 6.45) is 0.893. The molecule has 1 aromatic heterocycles. The average molecular weight is 258 g/mol. The highest BCUT2D eigenvalue weighted by Crippen LogP contribution is 2.15. The predicted octanol–water partition coefficient (Wildman–Crippen LogP) is 3.15. The lowest BCUT2D eigenvalue weighted by atomic mass is 10.1. The van der Waals surface area contributed by atoms with E-state index in [2.05, 4.69) is 10.3 Å². The van der Waals surface area contributed by atoms with Crippen molar-refractivity contribution in [2.24, 2.45) is 5.92 Å². The van der Waals surface area contributed by atoms with Crippen molar-refractivity contribution in [3.05, 3.63) is 36.4 Å². The molecule has 0 saturated carbocycles. The third-order valence-corrected chi connectivity index (χ3v) is 3.08. The SMILES string of the molecule is CC(CCC(=O)O)CNc1ccc2ccccc2n1. The molecular weight excluding hydrogens is 240 g/mol. The number of para-hydroxylation sites is 1. The number of carboxylic acid groups (broad SMARTS) is 1. The van der Waals surface area contributed by atoms with Gasteiger partial charge in [-0.2, -0.15) is 0 Å². The zero-order valence-electron chi connectivity index (χ0n) is 11.0. The highest BCUT2D eigenvalue weighted by Gasteiger charge is 2.06. The summed E-state index contributed by atoms with van der Waals surface area (Å²) in [7, 11) is 0. The fourth-order valence-electron chi connectivity index (χ4n) is 1.92. The lowest BCUT2D eigenvalue weighted by Gasteiger charge is -2.12. The number of pyridine rings is 1. The Hall–Kier alpha value is -2.10. The van der Waals surface area contributed by atoms with Crippen LogP contribution in [0, 0.1) is 5.92 Å². The minimum Gasteiger partial charge on any atom is -0.481 e. The van der Waals surface area contributed by atoms with E-state index in [1.807, 2.05) is 43.3 Å². The number of carboxylic acids is 1. The van der Waals surface area contributed by atoms with Gasteiger partial charge in [0.05, 0.1) is 5.52 Å². The maximum absolute atomic E-state index is 10.5. The fourth-order valence-corrected chi connectivity index (χ4v) is 1.92. The summed E-state index contributed by atoms with van der Waals surface area (Å²) in [5.74, 6) is 0.404. The molecule has 0 radical (unpaired) electrons. The van der Waals surface area contributed by atoms with E-state index in [-0.39, 0.29) is 6.42 Å². The van der Waals surface area contributed by atoms with Crippen molar-refractivity contribution >= 4 is 22.7 Å². The summed E-state index contributed by atoms with van der Waals surface area (Å²) >= 11 is 0. The second kappa shape index (κ2) is 6.18. The highest BCUT2D eigenvalue weighted by atomic mass is 16.4. The van der Waals surface area contributed by atoms with E-state index in [9.17, 15) is 4.79 Å². The van der Waals surface area contributed by atoms with Gasteiger partial charge in [-0.25, -0.2) is 4.98 Å². The van der Waals surface area contributed by atoms with Gasteiger partial charge in [-0.05, 0) is 30.5 Å². The van der Waals surface area contributed by atoms with E-state index in [1.165, 1.54) is 0 Å². The van der Waals surface area contributed by atoms with Gasteiger partial charge in [0, 0.05) is 18.4 Å². The average Bonchev–Trinajstić information content (AvgIpc) is 2.42. The van der Waals surface area contributed by atoms with Crippen molar-refractivity contribution in [1.29, 1.82) is 0 Å². The first-order valence-corrected chi connectivity index (χ1v) is 6.46. The van der Waals surface area contributed by atoms with E-state index >= 15 is 0 Å². The summed E-state index contributed by atoms with van der Waals surface area (Å²) in [6.45, 7) is 2.77. The third kappa shape index (κ3) is 3.95. The van der Waals surface area contributed by atoms with Gasteiger partial charge in [0.15, 0.2) is 0 Å². The zero-order valence-corrected chi connectivity index (χ0v) is 11.0. The van der Waals surface area contributed by atoms with Crippen LogP contribution in [0.25, 0.3) is 10.9 Å². The molecule has 2 rings (SSSR count). The van der Waals surface area contributed by atoms with E-state index in [4.69, 9.17) is 5.11 Å². The van der Waals surface area contributed by atoms with Gasteiger partial charge in [-0.3, -0.25) is 4.79 Å². The standard InChI is InChI=1S/C15H18N2O2/c1-11(6-9-15(18)19)10-16-14-8-7-12-4-2-3-5-13(12)17-14/h2-5,7-8,11H,6,9-10H2,1H3,(H,16,17)(H,18,19). The van der Waals surface area contributed by atoms with Crippen LogP contribution < -0.4 is 5.32 Å². The van der Waals surface area contributed by atoms with Crippen molar-refractivity contribution in [2.45, 2.75) is 19.8 Å². The fraction of sp³-hybridized carbons (Fsp3) is 0.333. The Morgan fingerprint density at radius 2 is 2.11 bits per heavy atom. The molecule has 0 saturated heterocycles. The third-order valence-electron chi connectivity index (χ3n) is 3.08. The Balaban J connectivity index is 1.92. The Bertz CT molecular complexity index is 569. The number of aliphatic carboxylic acids is 1. The number of carbonyl (C=O) groups is 1. The van der Waals surface area contributed by atoms with E-state index < -0.39 is 5.97 Å². The molecule has 0 spiro atoms. The smallest absolute Gasteiger partial charge is 0.303 e. The number of rotatable bonds is 6. The topological polar surface area (TPSA) is 62.2 Å². The molecular formula is C15H18N2O2. The quantitative estimate of drug-likeness (QED) is 0.835. The number of aromatic nitrogens is 1. The Kier molecular flexibility index (Phi) is 4.34. The number of nitrogens with one attached hydrogen (secondary N) is 1. The van der Waals surface area contributed by atoms with Crippen LogP contribution in [0.5, 0.6) is 0 Å². The van der Waals surface area contributed by atoms with Gasteiger partial charge in [0.25, 0.3) is 0 Å². The molecule has 100 valence electrons. The largest absolute Gasteiger partial charge is 0.481 e. The summed E-state index contributed by atoms with van der Waals surface area (Å²) in [5.41, 5.74) is 0.964. The number of fused-ring (bicyclic) bond motifs is 1. The lowest BCUT2D eigenvalue weighted by Crippen LogP contribution is -2.13. The monoisotopic (exact) mass is 258 g/mol. The molecule has 0 aliphatic rings. The van der Waals surface area contributed by atoms with Gasteiger partial charge in [0.2, 0.25) is 0 Å². The molecule has 2 aromatic rings. The number of anilines is 1. The van der Waals surface area contributed by atoms with Gasteiger partial charge in [-0.1, -0.05) is 25.1 Å². The van der Waals surface area contributed by atoms with Crippen LogP contribution in [0.2, 0.25) is 0 Å². The molecule has 2 N–H and O–H groups in total. The maximum atomic E-state index is 10.5. The predicted molar refractivity (Wildman–Crippen MR) is 76.3 cm³/mol. The summed E-state index contributed by atoms with van der Waals surface area (Å²) in [4.78, 5) is 15.0. The van der Waals surface area contributed by atoms with Crippen LogP contribution in [0.15, 0.2) is 36.4 Å². The van der Waals surface area contributed by atoms with Crippen LogP contribution in [-0.4, -0.2) is 22.6 Å². The summed E-state index contributed by atoms with van der Waals surface area (Å²) in [5, 5.41) is 13.0. The molecule has 0 bridgehead atoms. The summed E-state index contributed by atoms with van der Waals surface area (Å²) in [6, 6.07) is 12.0. The molecule has 1 unspecified atom stereocenters. The minimum atomic E-state index is -0.740. The van der Waals surface area contributed by atoms with Crippen molar-refractivity contribution < 1.29 is 9.90 Å². The molecule has 19 heavy (non-hydrogen) atoms. The Morgan fingerprint density at radius 3 is 2.89 bits per heavy atom. The Labute approximate surface area is 112 Å². The molecule has 0 fully saturated rings. The molecule has 1 heterocycles. The number of benzene rings is 1. The first kappa shape index (κ1) is 13.3. The maximum Gasteiger partial charge on any atom is 0.303 e. The first-order valence-electron chi connectivity index (χ1n) is 6.46. The van der Waals surface area contributed by atoms with Crippen LogP contribution >= 0.6 is 0 Å². The summed E-state index contributed by atoms with van der Waals surface area (Å²) < 4.78 is 0. The van der Waals surface area contributed by atoms with E-state index in [0.29, 0.717) is 12.3 Å². The van der Waals surface area contributed by atoms with E-state index in [0.717, 1.165) is 23.3 Å². The van der Waals surface area contributed by atoms with Crippen molar-refractivity contribution in [3.8, 4) is 0 Å². The van der Waals surface area contributed by atoms with Crippen LogP contribution in [0.4, 0.5) is 5.82 Å².